The Labute approximate surface area is 212 Å². The van der Waals surface area contributed by atoms with Crippen molar-refractivity contribution in [3.8, 4) is 0 Å². The van der Waals surface area contributed by atoms with E-state index in [1.807, 2.05) is 6.07 Å². The number of ether oxygens (including phenoxy) is 2. The predicted molar refractivity (Wildman–Crippen MR) is 140 cm³/mol. The van der Waals surface area contributed by atoms with E-state index in [4.69, 9.17) is 9.47 Å². The molecule has 0 fully saturated rings. The second-order valence-corrected chi connectivity index (χ2v) is 10.1. The number of unbranched alkanes of at least 4 members (excludes halogenated alkanes) is 7. The maximum atomic E-state index is 12.1. The zero-order chi connectivity index (χ0) is 25.9. The van der Waals surface area contributed by atoms with Gasteiger partial charge in [-0.2, -0.15) is 0 Å². The largest absolute Gasteiger partial charge is 0.463 e. The minimum atomic E-state index is -1.04. The molecule has 1 aromatic rings. The van der Waals surface area contributed by atoms with Gasteiger partial charge in [0.15, 0.2) is 0 Å². The first-order valence-corrected chi connectivity index (χ1v) is 13.4. The summed E-state index contributed by atoms with van der Waals surface area (Å²) in [6, 6.07) is 10.5. The predicted octanol–water partition coefficient (Wildman–Crippen LogP) is 5.06. The Morgan fingerprint density at radius 1 is 0.914 bits per heavy atom. The molecule has 0 aliphatic rings. The summed E-state index contributed by atoms with van der Waals surface area (Å²) in [6.45, 7) is 8.52. The number of hydrogen-bond acceptors (Lipinski definition) is 5. The van der Waals surface area contributed by atoms with Gasteiger partial charge in [0.05, 0.1) is 32.6 Å². The van der Waals surface area contributed by atoms with Crippen LogP contribution in [0.4, 0.5) is 4.79 Å². The second kappa shape index (κ2) is 18.2. The highest BCUT2D eigenvalue weighted by molar-refractivity contribution is 5.71. The number of aliphatic hydroxyl groups is 1. The molecule has 0 spiro atoms. The third kappa shape index (κ3) is 15.5. The van der Waals surface area contributed by atoms with Gasteiger partial charge in [-0.15, -0.1) is 0 Å². The van der Waals surface area contributed by atoms with Crippen LogP contribution in [0.2, 0.25) is 0 Å². The Bertz CT molecular complexity index is 698. The van der Waals surface area contributed by atoms with Gasteiger partial charge in [0, 0.05) is 5.56 Å². The molecule has 7 nitrogen and oxygen atoms in total. The molecule has 2 N–H and O–H groups in total. The van der Waals surface area contributed by atoms with E-state index in [0.29, 0.717) is 6.54 Å². The molecule has 0 bridgehead atoms. The van der Waals surface area contributed by atoms with Gasteiger partial charge in [-0.1, -0.05) is 89.6 Å². The van der Waals surface area contributed by atoms with E-state index in [1.165, 1.54) is 56.9 Å². The summed E-state index contributed by atoms with van der Waals surface area (Å²) in [5.41, 5.74) is 1.29. The van der Waals surface area contributed by atoms with Crippen molar-refractivity contribution >= 4 is 12.1 Å². The molecule has 0 aliphatic heterocycles. The monoisotopic (exact) mass is 493 g/mol. The molecule has 0 saturated heterocycles. The second-order valence-electron chi connectivity index (χ2n) is 10.1. The van der Waals surface area contributed by atoms with Crippen molar-refractivity contribution in [2.24, 2.45) is 5.92 Å². The SMILES string of the molecule is CCCCCCCCCC[N+](C)(CCNC(=O)OCC(O)COC(=O)C(C)C)Cc1ccccc1. The molecule has 0 aromatic heterocycles. The smallest absolute Gasteiger partial charge is 0.407 e. The van der Waals surface area contributed by atoms with Crippen molar-refractivity contribution in [3.63, 3.8) is 0 Å². The summed E-state index contributed by atoms with van der Waals surface area (Å²) < 4.78 is 10.9. The van der Waals surface area contributed by atoms with Crippen LogP contribution in [-0.4, -0.2) is 67.7 Å². The van der Waals surface area contributed by atoms with E-state index in [2.05, 4.69) is 43.6 Å². The lowest BCUT2D eigenvalue weighted by molar-refractivity contribution is -0.921. The molecule has 1 amide bonds. The number of likely N-dealkylation sites (N-methyl/N-ethyl adjacent to an activating group) is 1. The van der Waals surface area contributed by atoms with Gasteiger partial charge in [-0.25, -0.2) is 4.79 Å². The van der Waals surface area contributed by atoms with Crippen molar-refractivity contribution in [1.82, 2.24) is 5.32 Å². The van der Waals surface area contributed by atoms with E-state index in [1.54, 1.807) is 13.8 Å². The lowest BCUT2D eigenvalue weighted by atomic mass is 10.1. The van der Waals surface area contributed by atoms with Crippen LogP contribution in [0.25, 0.3) is 0 Å². The van der Waals surface area contributed by atoms with Gasteiger partial charge in [-0.05, 0) is 12.8 Å². The van der Waals surface area contributed by atoms with Crippen LogP contribution in [0.3, 0.4) is 0 Å². The van der Waals surface area contributed by atoms with Gasteiger partial charge in [0.1, 0.15) is 25.9 Å². The number of rotatable bonds is 19. The summed E-state index contributed by atoms with van der Waals surface area (Å²) in [7, 11) is 2.24. The van der Waals surface area contributed by atoms with E-state index in [-0.39, 0.29) is 25.1 Å². The highest BCUT2D eigenvalue weighted by Crippen LogP contribution is 2.15. The van der Waals surface area contributed by atoms with Crippen molar-refractivity contribution in [2.45, 2.75) is 84.8 Å². The van der Waals surface area contributed by atoms with Gasteiger partial charge in [-0.3, -0.25) is 4.79 Å². The Kier molecular flexibility index (Phi) is 16.1. The van der Waals surface area contributed by atoms with E-state index in [0.717, 1.165) is 24.1 Å². The Hall–Kier alpha value is -2.12. The number of alkyl carbamates (subject to hydrolysis) is 1. The number of amides is 1. The molecule has 0 saturated carbocycles. The number of nitrogens with one attached hydrogen (secondary N) is 1. The fourth-order valence-electron chi connectivity index (χ4n) is 3.97. The molecule has 0 aliphatic carbocycles. The Morgan fingerprint density at radius 2 is 1.51 bits per heavy atom. The van der Waals surface area contributed by atoms with E-state index >= 15 is 0 Å². The number of carbonyl (C=O) groups excluding carboxylic acids is 2. The van der Waals surface area contributed by atoms with Crippen LogP contribution in [0.1, 0.15) is 77.7 Å². The number of benzene rings is 1. The topological polar surface area (TPSA) is 84.9 Å². The van der Waals surface area contributed by atoms with Crippen molar-refractivity contribution in [3.05, 3.63) is 35.9 Å². The van der Waals surface area contributed by atoms with Crippen LogP contribution in [0.15, 0.2) is 30.3 Å². The molecule has 1 aromatic carbocycles. The maximum Gasteiger partial charge on any atom is 0.407 e. The minimum Gasteiger partial charge on any atom is -0.463 e. The molecule has 2 atom stereocenters. The molecule has 0 radical (unpaired) electrons. The van der Waals surface area contributed by atoms with Crippen LogP contribution in [-0.2, 0) is 20.8 Å². The van der Waals surface area contributed by atoms with E-state index < -0.39 is 12.2 Å². The standard InChI is InChI=1S/C28H48N2O5/c1-5-6-7-8-9-10-11-15-19-30(4,21-25-16-13-12-14-17-25)20-18-29-28(33)35-23-26(31)22-34-27(32)24(2)3/h12-14,16-17,24,26,31H,5-11,15,18-23H2,1-4H3/p+1. The lowest BCUT2D eigenvalue weighted by Gasteiger charge is -2.35. The zero-order valence-corrected chi connectivity index (χ0v) is 22.5. The average molecular weight is 494 g/mol. The van der Waals surface area contributed by atoms with Gasteiger partial charge >= 0.3 is 12.1 Å². The number of nitrogens with zero attached hydrogens (tertiary/aromatic N) is 1. The number of aliphatic hydroxyl groups excluding tert-OH is 1. The number of quaternary nitrogens is 1. The van der Waals surface area contributed by atoms with Crippen LogP contribution in [0.5, 0.6) is 0 Å². The number of esters is 1. The van der Waals surface area contributed by atoms with Crippen molar-refractivity contribution < 1.29 is 28.7 Å². The molecule has 2 unspecified atom stereocenters. The highest BCUT2D eigenvalue weighted by atomic mass is 16.6. The molecule has 1 rings (SSSR count). The van der Waals surface area contributed by atoms with Crippen LogP contribution >= 0.6 is 0 Å². The maximum absolute atomic E-state index is 12.1. The Balaban J connectivity index is 2.40. The van der Waals surface area contributed by atoms with Gasteiger partial charge in [0.2, 0.25) is 0 Å². The molecular weight excluding hydrogens is 444 g/mol. The third-order valence-corrected chi connectivity index (χ3v) is 6.18. The molecule has 7 heteroatoms. The lowest BCUT2D eigenvalue weighted by Crippen LogP contribution is -2.48. The first kappa shape index (κ1) is 30.9. The molecule has 35 heavy (non-hydrogen) atoms. The third-order valence-electron chi connectivity index (χ3n) is 6.18. The summed E-state index contributed by atoms with van der Waals surface area (Å²) in [5, 5.41) is 12.7. The quantitative estimate of drug-likeness (QED) is 0.160. The number of hydrogen-bond donors (Lipinski definition) is 2. The summed E-state index contributed by atoms with van der Waals surface area (Å²) >= 11 is 0. The average Bonchev–Trinajstić information content (AvgIpc) is 2.83. The summed E-state index contributed by atoms with van der Waals surface area (Å²) in [6.07, 6.45) is 8.71. The van der Waals surface area contributed by atoms with Crippen LogP contribution in [0, 0.1) is 5.92 Å². The molecule has 0 heterocycles. The van der Waals surface area contributed by atoms with Crippen LogP contribution < -0.4 is 5.32 Å². The van der Waals surface area contributed by atoms with Gasteiger partial charge in [0.25, 0.3) is 0 Å². The summed E-state index contributed by atoms with van der Waals surface area (Å²) in [4.78, 5) is 23.5. The van der Waals surface area contributed by atoms with Crippen molar-refractivity contribution in [2.75, 3.05) is 39.9 Å². The first-order chi connectivity index (χ1) is 16.8. The van der Waals surface area contributed by atoms with E-state index in [9.17, 15) is 14.7 Å². The fourth-order valence-corrected chi connectivity index (χ4v) is 3.97. The molecule has 200 valence electrons. The van der Waals surface area contributed by atoms with Crippen molar-refractivity contribution in [1.29, 1.82) is 0 Å². The minimum absolute atomic E-state index is 0.186. The fraction of sp³-hybridized carbons (Fsp3) is 0.714. The molecular formula is C28H49N2O5+. The van der Waals surface area contributed by atoms with Gasteiger partial charge < -0.3 is 24.4 Å². The number of carbonyl (C=O) groups is 2. The Morgan fingerprint density at radius 3 is 2.14 bits per heavy atom. The zero-order valence-electron chi connectivity index (χ0n) is 22.5. The normalized spacial score (nSPS) is 13.8. The highest BCUT2D eigenvalue weighted by Gasteiger charge is 2.22. The summed E-state index contributed by atoms with van der Waals surface area (Å²) in [5.74, 6) is -0.652. The first-order valence-electron chi connectivity index (χ1n) is 13.4.